The number of benzene rings is 1. The van der Waals surface area contributed by atoms with E-state index in [2.05, 4.69) is 29.2 Å². The Labute approximate surface area is 319 Å². The van der Waals surface area contributed by atoms with E-state index in [1.165, 1.54) is 75.1 Å². The normalized spacial score (nSPS) is 25.3. The van der Waals surface area contributed by atoms with Crippen LogP contribution in [0.4, 0.5) is 5.82 Å². The summed E-state index contributed by atoms with van der Waals surface area (Å²) in [5, 5.41) is 26.8. The number of anilines is 1. The molecule has 13 nitrogen and oxygen atoms in total. The van der Waals surface area contributed by atoms with Gasteiger partial charge in [0.25, 0.3) is 0 Å². The fourth-order valence-corrected chi connectivity index (χ4v) is 8.17. The molecule has 7 atom stereocenters. The van der Waals surface area contributed by atoms with E-state index in [4.69, 9.17) is 29.0 Å². The molecule has 2 fully saturated rings. The zero-order valence-corrected chi connectivity index (χ0v) is 32.9. The SMILES string of the molecule is CCCCCCCC/C=C/CCCCCCCCOC[C@H](COP(=O)(O)OC1[C@H]2O[C@@](C)(c3ccc4c(N)ncnn34)[C@H](O)[C@@]12O)OCc1ccccc1. The maximum atomic E-state index is 13.1. The molecule has 2 aliphatic rings. The van der Waals surface area contributed by atoms with Gasteiger partial charge in [-0.3, -0.25) is 9.05 Å². The minimum atomic E-state index is -4.72. The summed E-state index contributed by atoms with van der Waals surface area (Å²) in [6, 6.07) is 12.9. The average molecular weight is 773 g/mol. The zero-order valence-electron chi connectivity index (χ0n) is 32.0. The minimum absolute atomic E-state index is 0.160. The van der Waals surface area contributed by atoms with Gasteiger partial charge < -0.3 is 35.1 Å². The average Bonchev–Trinajstić information content (AvgIpc) is 3.41. The fraction of sp³-hybridized carbons (Fsp3) is 0.650. The smallest absolute Gasteiger partial charge is 0.386 e. The van der Waals surface area contributed by atoms with Gasteiger partial charge in [0.2, 0.25) is 0 Å². The molecule has 1 aliphatic carbocycles. The van der Waals surface area contributed by atoms with Crippen LogP contribution in [0.1, 0.15) is 115 Å². The predicted molar refractivity (Wildman–Crippen MR) is 207 cm³/mol. The summed E-state index contributed by atoms with van der Waals surface area (Å²) >= 11 is 0. The van der Waals surface area contributed by atoms with Crippen molar-refractivity contribution < 1.29 is 42.9 Å². The number of aliphatic hydroxyl groups excluding tert-OH is 1. The molecule has 3 aromatic rings. The number of nitrogens with two attached hydrogens (primary N) is 1. The van der Waals surface area contributed by atoms with Crippen LogP contribution < -0.4 is 5.73 Å². The van der Waals surface area contributed by atoms with Crippen molar-refractivity contribution in [2.45, 2.75) is 146 Å². The first-order valence-corrected chi connectivity index (χ1v) is 21.3. The topological polar surface area (TPSA) is 180 Å². The lowest BCUT2D eigenvalue weighted by atomic mass is 9.91. The van der Waals surface area contributed by atoms with Crippen LogP contribution in [0.5, 0.6) is 0 Å². The number of rotatable bonds is 27. The van der Waals surface area contributed by atoms with E-state index in [0.717, 1.165) is 31.2 Å². The van der Waals surface area contributed by atoms with E-state index in [0.29, 0.717) is 17.8 Å². The van der Waals surface area contributed by atoms with E-state index in [1.807, 2.05) is 30.3 Å². The number of nitrogen functional groups attached to an aromatic ring is 1. The number of unbranched alkanes of at least 4 members (excludes halogenated alkanes) is 12. The molecular weight excluding hydrogens is 711 g/mol. The molecule has 0 spiro atoms. The molecule has 1 aliphatic heterocycles. The molecule has 0 bridgehead atoms. The highest BCUT2D eigenvalue weighted by Crippen LogP contribution is 2.63. The number of fused-ring (bicyclic) bond motifs is 2. The Morgan fingerprint density at radius 3 is 2.30 bits per heavy atom. The first kappa shape index (κ1) is 42.4. The molecule has 5 N–H and O–H groups in total. The van der Waals surface area contributed by atoms with Gasteiger partial charge in [-0.1, -0.05) is 107 Å². The molecule has 300 valence electrons. The third-order valence-electron chi connectivity index (χ3n) is 10.5. The molecule has 0 amide bonds. The van der Waals surface area contributed by atoms with Crippen LogP contribution in [-0.4, -0.2) is 79.5 Å². The highest BCUT2D eigenvalue weighted by Gasteiger charge is 2.82. The number of aliphatic hydroxyl groups is 2. The van der Waals surface area contributed by atoms with Crippen LogP contribution in [-0.2, 0) is 40.0 Å². The van der Waals surface area contributed by atoms with Crippen molar-refractivity contribution in [1.82, 2.24) is 14.6 Å². The summed E-state index contributed by atoms with van der Waals surface area (Å²) in [7, 11) is -4.72. The third kappa shape index (κ3) is 11.2. The van der Waals surface area contributed by atoms with E-state index in [9.17, 15) is 19.7 Å². The number of allylic oxidation sites excluding steroid dienone is 2. The van der Waals surface area contributed by atoms with Gasteiger partial charge in [-0.05, 0) is 56.7 Å². The van der Waals surface area contributed by atoms with Gasteiger partial charge >= 0.3 is 7.82 Å². The summed E-state index contributed by atoms with van der Waals surface area (Å²) in [4.78, 5) is 14.6. The maximum absolute atomic E-state index is 13.1. The van der Waals surface area contributed by atoms with Crippen LogP contribution >= 0.6 is 7.82 Å². The first-order valence-electron chi connectivity index (χ1n) is 19.8. The second-order valence-corrected chi connectivity index (χ2v) is 16.2. The molecule has 14 heteroatoms. The van der Waals surface area contributed by atoms with Crippen molar-refractivity contribution in [2.24, 2.45) is 0 Å². The lowest BCUT2D eigenvalue weighted by Gasteiger charge is -2.32. The lowest BCUT2D eigenvalue weighted by molar-refractivity contribution is -0.127. The number of aromatic nitrogens is 3. The molecule has 1 saturated heterocycles. The van der Waals surface area contributed by atoms with Gasteiger partial charge in [0.15, 0.2) is 11.4 Å². The predicted octanol–water partition coefficient (Wildman–Crippen LogP) is 7.17. The maximum Gasteiger partial charge on any atom is 0.472 e. The number of hydrogen-bond acceptors (Lipinski definition) is 11. The number of ether oxygens (including phenoxy) is 3. The highest BCUT2D eigenvalue weighted by atomic mass is 31.2. The van der Waals surface area contributed by atoms with Gasteiger partial charge in [0.05, 0.1) is 25.5 Å². The van der Waals surface area contributed by atoms with Gasteiger partial charge in [0.1, 0.15) is 41.9 Å². The summed E-state index contributed by atoms with van der Waals surface area (Å²) in [5.41, 5.74) is 4.46. The van der Waals surface area contributed by atoms with Crippen molar-refractivity contribution >= 4 is 19.2 Å². The molecular formula is C40H61N4O9P. The molecule has 0 radical (unpaired) electrons. The molecule has 54 heavy (non-hydrogen) atoms. The van der Waals surface area contributed by atoms with Crippen LogP contribution in [0.15, 0.2) is 60.9 Å². The quantitative estimate of drug-likeness (QED) is 0.0349. The van der Waals surface area contributed by atoms with Gasteiger partial charge in [-0.15, -0.1) is 0 Å². The number of phosphoric acid groups is 1. The van der Waals surface area contributed by atoms with Gasteiger partial charge in [-0.2, -0.15) is 5.10 Å². The van der Waals surface area contributed by atoms with E-state index >= 15 is 0 Å². The molecule has 2 unspecified atom stereocenters. The van der Waals surface area contributed by atoms with Crippen molar-refractivity contribution in [3.63, 3.8) is 0 Å². The van der Waals surface area contributed by atoms with Crippen LogP contribution in [0.25, 0.3) is 5.52 Å². The Morgan fingerprint density at radius 1 is 0.963 bits per heavy atom. The van der Waals surface area contributed by atoms with E-state index < -0.39 is 43.4 Å². The molecule has 1 saturated carbocycles. The van der Waals surface area contributed by atoms with Crippen molar-refractivity contribution in [2.75, 3.05) is 25.6 Å². The number of phosphoric ester groups is 1. The van der Waals surface area contributed by atoms with Gasteiger partial charge in [-0.25, -0.2) is 14.1 Å². The summed E-state index contributed by atoms with van der Waals surface area (Å²) in [6.45, 7) is 4.53. The highest BCUT2D eigenvalue weighted by molar-refractivity contribution is 7.47. The summed E-state index contributed by atoms with van der Waals surface area (Å²) in [6.07, 6.45) is 18.6. The van der Waals surface area contributed by atoms with E-state index in [-0.39, 0.29) is 25.6 Å². The Morgan fingerprint density at radius 2 is 1.63 bits per heavy atom. The Balaban J connectivity index is 0.999. The van der Waals surface area contributed by atoms with E-state index in [1.54, 1.807) is 19.1 Å². The van der Waals surface area contributed by atoms with Crippen LogP contribution in [0.3, 0.4) is 0 Å². The largest absolute Gasteiger partial charge is 0.472 e. The van der Waals surface area contributed by atoms with Crippen molar-refractivity contribution in [3.05, 3.63) is 72.2 Å². The Bertz CT molecular complexity index is 1640. The minimum Gasteiger partial charge on any atom is -0.386 e. The van der Waals surface area contributed by atoms with Crippen molar-refractivity contribution in [3.8, 4) is 0 Å². The monoisotopic (exact) mass is 772 g/mol. The first-order chi connectivity index (χ1) is 26.1. The van der Waals surface area contributed by atoms with Crippen molar-refractivity contribution in [1.29, 1.82) is 0 Å². The number of hydrogen-bond donors (Lipinski definition) is 4. The second-order valence-electron chi connectivity index (χ2n) is 14.8. The zero-order chi connectivity index (χ0) is 38.4. The third-order valence-corrected chi connectivity index (χ3v) is 11.5. The van der Waals surface area contributed by atoms with Crippen LogP contribution in [0.2, 0.25) is 0 Å². The van der Waals surface area contributed by atoms with Crippen LogP contribution in [0, 0.1) is 0 Å². The molecule has 2 aromatic heterocycles. The second kappa shape index (κ2) is 20.5. The lowest BCUT2D eigenvalue weighted by Crippen LogP contribution is -2.46. The number of nitrogens with zero attached hydrogens (tertiary/aromatic N) is 3. The molecule has 1 aromatic carbocycles. The molecule has 5 rings (SSSR count). The molecule has 3 heterocycles. The standard InChI is InChI=1S/C40H61N4O9P/c1-3-4-5-6-7-8-9-10-11-12-13-14-15-16-17-21-26-49-28-32(50-27-31-22-19-18-20-23-31)29-51-54(47,48)53-36-35-40(36,46)38(45)39(2,52-35)34-25-24-33-37(41)42-30-43-44(33)34/h10-11,18-20,22-25,30,32,35-36,38,45-46H,3-9,12-17,21,26-29H2,1-2H3,(H,47,48)(H2,41,42,43)/b11-10+/t32-,35-,36?,38+,39+,40+/m1/s1. The Hall–Kier alpha value is -2.71. The Kier molecular flexibility index (Phi) is 16.1. The van der Waals surface area contributed by atoms with Gasteiger partial charge in [0, 0.05) is 6.61 Å². The fourth-order valence-electron chi connectivity index (χ4n) is 7.19. The summed E-state index contributed by atoms with van der Waals surface area (Å²) in [5.74, 6) is 0.241. The summed E-state index contributed by atoms with van der Waals surface area (Å²) < 4.78 is 43.3.